The first-order chi connectivity index (χ1) is 7.08. The molecule has 1 unspecified atom stereocenters. The highest BCUT2D eigenvalue weighted by Crippen LogP contribution is 2.49. The second-order valence-corrected chi connectivity index (χ2v) is 4.76. The maximum Gasteiger partial charge on any atom is 0.232 e. The molecule has 0 spiro atoms. The number of rotatable bonds is 3. The highest BCUT2D eigenvalue weighted by Gasteiger charge is 2.48. The molecule has 80 valence electrons. The number of carbonyl (C=O) groups is 2. The topological polar surface area (TPSA) is 61.2 Å². The molecule has 1 atom stereocenters. The Bertz CT molecular complexity index is 352. The number of imide groups is 1. The van der Waals surface area contributed by atoms with Crippen LogP contribution >= 0.6 is 0 Å². The Hall–Kier alpha value is -1.37. The fraction of sp³-hybridized carbons (Fsp3) is 0.727. The number of hydrogen-bond donors (Lipinski definition) is 0. The second kappa shape index (κ2) is 3.34. The maximum absolute atomic E-state index is 11.6. The SMILES string of the molecule is CC1CC(=O)N(CC2(CC#N)CC2)C1=O. The summed E-state index contributed by atoms with van der Waals surface area (Å²) < 4.78 is 0. The van der Waals surface area contributed by atoms with Crippen molar-refractivity contribution in [2.75, 3.05) is 6.54 Å². The molecule has 1 aliphatic carbocycles. The first kappa shape index (κ1) is 10.2. The zero-order valence-corrected chi connectivity index (χ0v) is 8.82. The van der Waals surface area contributed by atoms with Crippen LogP contribution in [-0.4, -0.2) is 23.3 Å². The number of nitrogens with zero attached hydrogens (tertiary/aromatic N) is 2. The van der Waals surface area contributed by atoms with Gasteiger partial charge in [0.15, 0.2) is 0 Å². The van der Waals surface area contributed by atoms with Crippen LogP contribution in [0, 0.1) is 22.7 Å². The van der Waals surface area contributed by atoms with E-state index >= 15 is 0 Å². The molecular formula is C11H14N2O2. The summed E-state index contributed by atoms with van der Waals surface area (Å²) in [6.07, 6.45) is 2.72. The zero-order chi connectivity index (χ0) is 11.1. The average molecular weight is 206 g/mol. The lowest BCUT2D eigenvalue weighted by molar-refractivity contribution is -0.140. The van der Waals surface area contributed by atoms with Crippen molar-refractivity contribution in [2.45, 2.75) is 32.6 Å². The molecule has 15 heavy (non-hydrogen) atoms. The van der Waals surface area contributed by atoms with Crippen LogP contribution in [-0.2, 0) is 9.59 Å². The highest BCUT2D eigenvalue weighted by molar-refractivity contribution is 6.03. The van der Waals surface area contributed by atoms with Crippen molar-refractivity contribution in [3.05, 3.63) is 0 Å². The Balaban J connectivity index is 2.04. The van der Waals surface area contributed by atoms with Crippen LogP contribution in [0.5, 0.6) is 0 Å². The molecule has 1 saturated heterocycles. The van der Waals surface area contributed by atoms with Gasteiger partial charge in [0, 0.05) is 30.7 Å². The first-order valence-corrected chi connectivity index (χ1v) is 5.29. The van der Waals surface area contributed by atoms with Gasteiger partial charge in [-0.1, -0.05) is 6.92 Å². The third kappa shape index (κ3) is 1.74. The largest absolute Gasteiger partial charge is 0.282 e. The number of carbonyl (C=O) groups excluding carboxylic acids is 2. The van der Waals surface area contributed by atoms with Gasteiger partial charge in [0.05, 0.1) is 6.07 Å². The lowest BCUT2D eigenvalue weighted by atomic mass is 10.0. The third-order valence-electron chi connectivity index (χ3n) is 3.37. The molecule has 2 aliphatic rings. The molecule has 0 aromatic rings. The number of amides is 2. The van der Waals surface area contributed by atoms with Gasteiger partial charge in [-0.15, -0.1) is 0 Å². The van der Waals surface area contributed by atoms with Gasteiger partial charge in [-0.05, 0) is 12.8 Å². The van der Waals surface area contributed by atoms with Crippen LogP contribution in [0.1, 0.15) is 32.6 Å². The van der Waals surface area contributed by atoms with E-state index in [2.05, 4.69) is 6.07 Å². The lowest BCUT2D eigenvalue weighted by Crippen LogP contribution is -2.35. The molecule has 0 N–H and O–H groups in total. The maximum atomic E-state index is 11.6. The van der Waals surface area contributed by atoms with Crippen LogP contribution in [0.15, 0.2) is 0 Å². The number of hydrogen-bond acceptors (Lipinski definition) is 3. The smallest absolute Gasteiger partial charge is 0.232 e. The minimum absolute atomic E-state index is 0.0653. The third-order valence-corrected chi connectivity index (χ3v) is 3.37. The van der Waals surface area contributed by atoms with E-state index in [9.17, 15) is 9.59 Å². The van der Waals surface area contributed by atoms with E-state index in [0.29, 0.717) is 19.4 Å². The summed E-state index contributed by atoms with van der Waals surface area (Å²) in [4.78, 5) is 24.5. The minimum Gasteiger partial charge on any atom is -0.282 e. The van der Waals surface area contributed by atoms with Gasteiger partial charge in [0.2, 0.25) is 11.8 Å². The van der Waals surface area contributed by atoms with Crippen LogP contribution in [0.3, 0.4) is 0 Å². The van der Waals surface area contributed by atoms with Crippen molar-refractivity contribution < 1.29 is 9.59 Å². The van der Waals surface area contributed by atoms with Crippen molar-refractivity contribution >= 4 is 11.8 Å². The summed E-state index contributed by atoms with van der Waals surface area (Å²) in [7, 11) is 0. The van der Waals surface area contributed by atoms with Crippen LogP contribution < -0.4 is 0 Å². The molecule has 1 aliphatic heterocycles. The van der Waals surface area contributed by atoms with E-state index < -0.39 is 0 Å². The quantitative estimate of drug-likeness (QED) is 0.649. The van der Waals surface area contributed by atoms with E-state index in [4.69, 9.17) is 5.26 Å². The predicted molar refractivity (Wildman–Crippen MR) is 52.4 cm³/mol. The lowest BCUT2D eigenvalue weighted by Gasteiger charge is -2.19. The standard InChI is InChI=1S/C11H14N2O2/c1-8-6-9(14)13(10(8)15)7-11(2-3-11)4-5-12/h8H,2-4,6-7H2,1H3. The Kier molecular flexibility index (Phi) is 2.26. The van der Waals surface area contributed by atoms with Gasteiger partial charge in [-0.3, -0.25) is 14.5 Å². The fourth-order valence-corrected chi connectivity index (χ4v) is 2.09. The van der Waals surface area contributed by atoms with Gasteiger partial charge in [0.1, 0.15) is 0 Å². The summed E-state index contributed by atoms with van der Waals surface area (Å²) in [6, 6.07) is 2.14. The van der Waals surface area contributed by atoms with Gasteiger partial charge >= 0.3 is 0 Å². The van der Waals surface area contributed by atoms with E-state index in [-0.39, 0.29) is 23.1 Å². The van der Waals surface area contributed by atoms with Crippen molar-refractivity contribution in [1.29, 1.82) is 5.26 Å². The normalized spacial score (nSPS) is 28.0. The van der Waals surface area contributed by atoms with Crippen molar-refractivity contribution in [3.63, 3.8) is 0 Å². The van der Waals surface area contributed by atoms with Crippen LogP contribution in [0.4, 0.5) is 0 Å². The summed E-state index contributed by atoms with van der Waals surface area (Å²) in [5, 5.41) is 8.66. The van der Waals surface area contributed by atoms with E-state index in [0.717, 1.165) is 12.8 Å². The van der Waals surface area contributed by atoms with Crippen LogP contribution in [0.25, 0.3) is 0 Å². The van der Waals surface area contributed by atoms with Gasteiger partial charge in [-0.2, -0.15) is 5.26 Å². The molecule has 1 heterocycles. The Labute approximate surface area is 88.9 Å². The molecule has 2 amide bonds. The molecule has 2 rings (SSSR count). The highest BCUT2D eigenvalue weighted by atomic mass is 16.2. The van der Waals surface area contributed by atoms with Crippen molar-refractivity contribution in [2.24, 2.45) is 11.3 Å². The summed E-state index contributed by atoms with van der Waals surface area (Å²) in [5.74, 6) is -0.309. The number of likely N-dealkylation sites (tertiary alicyclic amines) is 1. The van der Waals surface area contributed by atoms with Gasteiger partial charge in [-0.25, -0.2) is 0 Å². The molecule has 4 heteroatoms. The zero-order valence-electron chi connectivity index (χ0n) is 8.82. The Morgan fingerprint density at radius 1 is 1.53 bits per heavy atom. The van der Waals surface area contributed by atoms with E-state index in [1.807, 2.05) is 0 Å². The average Bonchev–Trinajstić information content (AvgIpc) is 2.89. The summed E-state index contributed by atoms with van der Waals surface area (Å²) >= 11 is 0. The molecule has 0 bridgehead atoms. The molecule has 4 nitrogen and oxygen atoms in total. The predicted octanol–water partition coefficient (Wildman–Crippen LogP) is 1.08. The molecule has 0 aromatic carbocycles. The van der Waals surface area contributed by atoms with Gasteiger partial charge in [0.25, 0.3) is 0 Å². The van der Waals surface area contributed by atoms with E-state index in [1.54, 1.807) is 6.92 Å². The van der Waals surface area contributed by atoms with Gasteiger partial charge < -0.3 is 0 Å². The molecule has 0 aromatic heterocycles. The summed E-state index contributed by atoms with van der Waals surface area (Å²) in [5.41, 5.74) is -0.0653. The molecule has 2 fully saturated rings. The number of nitriles is 1. The van der Waals surface area contributed by atoms with E-state index in [1.165, 1.54) is 4.90 Å². The van der Waals surface area contributed by atoms with Crippen molar-refractivity contribution in [1.82, 2.24) is 4.90 Å². The monoisotopic (exact) mass is 206 g/mol. The first-order valence-electron chi connectivity index (χ1n) is 5.29. The summed E-state index contributed by atoms with van der Waals surface area (Å²) in [6.45, 7) is 2.24. The second-order valence-electron chi connectivity index (χ2n) is 4.76. The Morgan fingerprint density at radius 3 is 2.60 bits per heavy atom. The van der Waals surface area contributed by atoms with Crippen molar-refractivity contribution in [3.8, 4) is 6.07 Å². The molecule has 1 saturated carbocycles. The van der Waals surface area contributed by atoms with Crippen LogP contribution in [0.2, 0.25) is 0 Å². The minimum atomic E-state index is -0.171. The fourth-order valence-electron chi connectivity index (χ4n) is 2.09. The Morgan fingerprint density at radius 2 is 2.20 bits per heavy atom. The molecular weight excluding hydrogens is 192 g/mol. The molecule has 0 radical (unpaired) electrons.